The number of hydrogen-bond acceptors (Lipinski definition) is 5. The number of benzene rings is 1. The maximum absolute atomic E-state index is 13.6. The lowest BCUT2D eigenvalue weighted by molar-refractivity contribution is -0.122. The van der Waals surface area contributed by atoms with E-state index in [4.69, 9.17) is 0 Å². The SMILES string of the molecule is CCNc1nc(N[C@H](CC2CCCCC2)C(=O)NC2Cc3ccccc3C2)cc(-n2cccc2)n1. The lowest BCUT2D eigenvalue weighted by Crippen LogP contribution is -2.46. The number of fused-ring (bicyclic) bond motifs is 1. The van der Waals surface area contributed by atoms with Crippen LogP contribution in [0.3, 0.4) is 0 Å². The molecule has 5 rings (SSSR count). The smallest absolute Gasteiger partial charge is 0.242 e. The summed E-state index contributed by atoms with van der Waals surface area (Å²) < 4.78 is 1.96. The molecule has 7 heteroatoms. The van der Waals surface area contributed by atoms with E-state index in [0.29, 0.717) is 17.7 Å². The van der Waals surface area contributed by atoms with Crippen LogP contribution in [0.25, 0.3) is 5.82 Å². The Bertz CT molecular complexity index is 1100. The Labute approximate surface area is 207 Å². The van der Waals surface area contributed by atoms with E-state index in [1.165, 1.54) is 43.2 Å². The van der Waals surface area contributed by atoms with Crippen LogP contribution in [0.15, 0.2) is 54.9 Å². The van der Waals surface area contributed by atoms with Gasteiger partial charge in [0.15, 0.2) is 0 Å². The van der Waals surface area contributed by atoms with Gasteiger partial charge in [0.2, 0.25) is 11.9 Å². The molecule has 0 radical (unpaired) electrons. The zero-order valence-electron chi connectivity index (χ0n) is 20.5. The van der Waals surface area contributed by atoms with Crippen molar-refractivity contribution in [3.8, 4) is 5.82 Å². The second-order valence-corrected chi connectivity index (χ2v) is 9.87. The first-order valence-electron chi connectivity index (χ1n) is 13.1. The van der Waals surface area contributed by atoms with Crippen molar-refractivity contribution in [3.05, 3.63) is 66.0 Å². The number of nitrogens with one attached hydrogen (secondary N) is 3. The number of aromatic nitrogens is 3. The number of hydrogen-bond donors (Lipinski definition) is 3. The van der Waals surface area contributed by atoms with Crippen molar-refractivity contribution >= 4 is 17.7 Å². The van der Waals surface area contributed by atoms with Crippen molar-refractivity contribution in [2.75, 3.05) is 17.2 Å². The maximum atomic E-state index is 13.6. The lowest BCUT2D eigenvalue weighted by atomic mass is 9.84. The average molecular weight is 473 g/mol. The fourth-order valence-corrected chi connectivity index (χ4v) is 5.49. The Morgan fingerprint density at radius 3 is 2.43 bits per heavy atom. The van der Waals surface area contributed by atoms with E-state index in [9.17, 15) is 4.79 Å². The molecule has 2 aliphatic rings. The van der Waals surface area contributed by atoms with Gasteiger partial charge in [-0.15, -0.1) is 0 Å². The van der Waals surface area contributed by atoms with Crippen molar-refractivity contribution in [3.63, 3.8) is 0 Å². The van der Waals surface area contributed by atoms with E-state index in [2.05, 4.69) is 50.2 Å². The minimum atomic E-state index is -0.330. The van der Waals surface area contributed by atoms with E-state index in [0.717, 1.165) is 31.6 Å². The molecule has 184 valence electrons. The second-order valence-electron chi connectivity index (χ2n) is 9.87. The summed E-state index contributed by atoms with van der Waals surface area (Å²) in [5, 5.41) is 10.1. The van der Waals surface area contributed by atoms with Crippen LogP contribution in [0.4, 0.5) is 11.8 Å². The van der Waals surface area contributed by atoms with E-state index in [1.54, 1.807) is 0 Å². The fourth-order valence-electron chi connectivity index (χ4n) is 5.49. The second kappa shape index (κ2) is 10.9. The van der Waals surface area contributed by atoms with Crippen LogP contribution in [0.1, 0.15) is 56.6 Å². The van der Waals surface area contributed by atoms with Gasteiger partial charge in [-0.1, -0.05) is 56.4 Å². The third-order valence-corrected chi connectivity index (χ3v) is 7.25. The minimum Gasteiger partial charge on any atom is -0.358 e. The van der Waals surface area contributed by atoms with Crippen LogP contribution in [0.5, 0.6) is 0 Å². The number of carbonyl (C=O) groups is 1. The van der Waals surface area contributed by atoms with Gasteiger partial charge in [0, 0.05) is 31.0 Å². The molecule has 1 fully saturated rings. The highest BCUT2D eigenvalue weighted by molar-refractivity contribution is 5.85. The maximum Gasteiger partial charge on any atom is 0.242 e. The summed E-state index contributed by atoms with van der Waals surface area (Å²) in [5.74, 6) is 2.63. The first-order valence-corrected chi connectivity index (χ1v) is 13.1. The number of carbonyl (C=O) groups excluding carboxylic acids is 1. The molecule has 35 heavy (non-hydrogen) atoms. The van der Waals surface area contributed by atoms with Gasteiger partial charge >= 0.3 is 0 Å². The molecular formula is C28H36N6O. The molecule has 0 bridgehead atoms. The van der Waals surface area contributed by atoms with Crippen LogP contribution in [0.2, 0.25) is 0 Å². The molecule has 3 N–H and O–H groups in total. The Balaban J connectivity index is 1.35. The van der Waals surface area contributed by atoms with Crippen LogP contribution in [-0.2, 0) is 17.6 Å². The van der Waals surface area contributed by atoms with Crippen molar-refractivity contribution < 1.29 is 4.79 Å². The van der Waals surface area contributed by atoms with Gasteiger partial charge in [-0.25, -0.2) is 0 Å². The van der Waals surface area contributed by atoms with E-state index >= 15 is 0 Å². The quantitative estimate of drug-likeness (QED) is 0.419. The van der Waals surface area contributed by atoms with Gasteiger partial charge in [0.1, 0.15) is 17.7 Å². The van der Waals surface area contributed by atoms with E-state index in [-0.39, 0.29) is 18.0 Å². The third kappa shape index (κ3) is 5.84. The highest BCUT2D eigenvalue weighted by atomic mass is 16.2. The molecule has 2 aromatic heterocycles. The summed E-state index contributed by atoms with van der Waals surface area (Å²) in [5.41, 5.74) is 2.69. The Hall–Kier alpha value is -3.35. The van der Waals surface area contributed by atoms with Gasteiger partial charge in [-0.3, -0.25) is 4.79 Å². The summed E-state index contributed by atoms with van der Waals surface area (Å²) in [6.45, 7) is 2.75. The summed E-state index contributed by atoms with van der Waals surface area (Å²) in [4.78, 5) is 22.9. The molecule has 0 saturated heterocycles. The van der Waals surface area contributed by atoms with Crippen molar-refractivity contribution in [1.82, 2.24) is 19.9 Å². The van der Waals surface area contributed by atoms with E-state index < -0.39 is 0 Å². The summed E-state index contributed by atoms with van der Waals surface area (Å²) >= 11 is 0. The average Bonchev–Trinajstić information content (AvgIpc) is 3.54. The molecular weight excluding hydrogens is 436 g/mol. The molecule has 1 amide bonds. The molecule has 0 spiro atoms. The molecule has 3 aromatic rings. The predicted octanol–water partition coefficient (Wildman–Crippen LogP) is 4.73. The lowest BCUT2D eigenvalue weighted by Gasteiger charge is -2.28. The zero-order chi connectivity index (χ0) is 24.0. The first kappa shape index (κ1) is 23.4. The van der Waals surface area contributed by atoms with Crippen molar-refractivity contribution in [2.45, 2.75) is 70.4 Å². The third-order valence-electron chi connectivity index (χ3n) is 7.25. The van der Waals surface area contributed by atoms with Crippen LogP contribution in [0, 0.1) is 5.92 Å². The van der Waals surface area contributed by atoms with Crippen LogP contribution >= 0.6 is 0 Å². The minimum absolute atomic E-state index is 0.0690. The summed E-state index contributed by atoms with van der Waals surface area (Å²) in [7, 11) is 0. The van der Waals surface area contributed by atoms with E-state index in [1.807, 2.05) is 42.1 Å². The number of nitrogens with zero attached hydrogens (tertiary/aromatic N) is 3. The predicted molar refractivity (Wildman–Crippen MR) is 140 cm³/mol. The largest absolute Gasteiger partial charge is 0.358 e. The Morgan fingerprint density at radius 2 is 1.74 bits per heavy atom. The molecule has 7 nitrogen and oxygen atoms in total. The molecule has 0 unspecified atom stereocenters. The van der Waals surface area contributed by atoms with Crippen LogP contribution in [-0.4, -0.2) is 39.1 Å². The standard InChI is InChI=1S/C28H36N6O/c1-2-29-28-32-25(19-26(33-28)34-14-8-9-15-34)31-24(16-20-10-4-3-5-11-20)27(35)30-23-17-21-12-6-7-13-22(21)18-23/h6-9,12-15,19-20,23-24H,2-5,10-11,16-18H2,1H3,(H,30,35)(H2,29,31,32,33)/t24-/m1/s1. The first-order chi connectivity index (χ1) is 17.2. The fraction of sp³-hybridized carbons (Fsp3) is 0.464. The van der Waals surface area contributed by atoms with Crippen molar-refractivity contribution in [1.29, 1.82) is 0 Å². The molecule has 1 saturated carbocycles. The van der Waals surface area contributed by atoms with Gasteiger partial charge in [0.25, 0.3) is 0 Å². The normalized spacial score (nSPS) is 17.1. The molecule has 1 atom stereocenters. The van der Waals surface area contributed by atoms with Crippen molar-refractivity contribution in [2.24, 2.45) is 5.92 Å². The highest BCUT2D eigenvalue weighted by Gasteiger charge is 2.29. The highest BCUT2D eigenvalue weighted by Crippen LogP contribution is 2.29. The monoisotopic (exact) mass is 472 g/mol. The zero-order valence-corrected chi connectivity index (χ0v) is 20.5. The Morgan fingerprint density at radius 1 is 1.03 bits per heavy atom. The molecule has 1 aromatic carbocycles. The number of amides is 1. The number of rotatable bonds is 9. The summed E-state index contributed by atoms with van der Waals surface area (Å²) in [6, 6.07) is 14.2. The molecule has 0 aliphatic heterocycles. The van der Waals surface area contributed by atoms with Crippen LogP contribution < -0.4 is 16.0 Å². The molecule has 2 aliphatic carbocycles. The summed E-state index contributed by atoms with van der Waals surface area (Å²) in [6.07, 6.45) is 12.8. The van der Waals surface area contributed by atoms with Gasteiger partial charge in [-0.05, 0) is 55.4 Å². The van der Waals surface area contributed by atoms with Gasteiger partial charge < -0.3 is 20.5 Å². The van der Waals surface area contributed by atoms with Gasteiger partial charge in [0.05, 0.1) is 0 Å². The number of anilines is 2. The Kier molecular flexibility index (Phi) is 7.31. The topological polar surface area (TPSA) is 83.9 Å². The molecule has 2 heterocycles. The van der Waals surface area contributed by atoms with Gasteiger partial charge in [-0.2, -0.15) is 9.97 Å².